The SMILES string of the molecule is COC(=O)c1ccc(NC(=O)C(=O)N/N=C\c2ccc(OC)cc2OC)cc1. The van der Waals surface area contributed by atoms with E-state index in [0.29, 0.717) is 28.3 Å². The van der Waals surface area contributed by atoms with Gasteiger partial charge in [-0.3, -0.25) is 9.59 Å². The minimum absolute atomic E-state index is 0.322. The van der Waals surface area contributed by atoms with Crippen molar-refractivity contribution in [2.75, 3.05) is 26.6 Å². The van der Waals surface area contributed by atoms with Crippen LogP contribution in [-0.4, -0.2) is 45.3 Å². The first-order valence-electron chi connectivity index (χ1n) is 8.03. The number of amides is 2. The summed E-state index contributed by atoms with van der Waals surface area (Å²) in [6, 6.07) is 10.9. The summed E-state index contributed by atoms with van der Waals surface area (Å²) in [4.78, 5) is 35.1. The summed E-state index contributed by atoms with van der Waals surface area (Å²) in [5, 5.41) is 6.14. The quantitative estimate of drug-likeness (QED) is 0.338. The summed E-state index contributed by atoms with van der Waals surface area (Å²) in [7, 11) is 4.29. The van der Waals surface area contributed by atoms with Gasteiger partial charge in [0.15, 0.2) is 0 Å². The second kappa shape index (κ2) is 9.72. The van der Waals surface area contributed by atoms with Gasteiger partial charge in [0, 0.05) is 17.3 Å². The predicted molar refractivity (Wildman–Crippen MR) is 102 cm³/mol. The van der Waals surface area contributed by atoms with Crippen molar-refractivity contribution in [1.29, 1.82) is 0 Å². The van der Waals surface area contributed by atoms with Crippen molar-refractivity contribution in [2.24, 2.45) is 5.10 Å². The standard InChI is InChI=1S/C19H19N3O6/c1-26-15-9-6-13(16(10-15)27-2)11-20-22-18(24)17(23)21-14-7-4-12(5-8-14)19(25)28-3/h4-11H,1-3H3,(H,21,23)(H,22,24)/b20-11-. The van der Waals surface area contributed by atoms with Gasteiger partial charge in [0.05, 0.1) is 33.1 Å². The maximum atomic E-state index is 11.9. The third-order valence-electron chi connectivity index (χ3n) is 3.58. The van der Waals surface area contributed by atoms with Crippen LogP contribution in [0.1, 0.15) is 15.9 Å². The van der Waals surface area contributed by atoms with Crippen molar-refractivity contribution >= 4 is 29.7 Å². The van der Waals surface area contributed by atoms with Crippen molar-refractivity contribution < 1.29 is 28.6 Å². The Balaban J connectivity index is 1.94. The Kier molecular flexibility index (Phi) is 7.09. The summed E-state index contributed by atoms with van der Waals surface area (Å²) in [6.07, 6.45) is 1.34. The lowest BCUT2D eigenvalue weighted by Gasteiger charge is -2.07. The summed E-state index contributed by atoms with van der Waals surface area (Å²) in [6.45, 7) is 0. The molecule has 0 aliphatic rings. The average molecular weight is 385 g/mol. The zero-order chi connectivity index (χ0) is 20.5. The van der Waals surface area contributed by atoms with Gasteiger partial charge in [-0.2, -0.15) is 5.10 Å². The van der Waals surface area contributed by atoms with Crippen LogP contribution in [0, 0.1) is 0 Å². The fourth-order valence-electron chi connectivity index (χ4n) is 2.13. The lowest BCUT2D eigenvalue weighted by atomic mass is 10.2. The van der Waals surface area contributed by atoms with Gasteiger partial charge in [-0.25, -0.2) is 10.2 Å². The van der Waals surface area contributed by atoms with Gasteiger partial charge in [-0.1, -0.05) is 0 Å². The Morgan fingerprint density at radius 3 is 2.25 bits per heavy atom. The van der Waals surface area contributed by atoms with Gasteiger partial charge in [-0.05, 0) is 36.4 Å². The molecule has 2 aromatic rings. The fraction of sp³-hybridized carbons (Fsp3) is 0.158. The molecule has 0 unspecified atom stereocenters. The smallest absolute Gasteiger partial charge is 0.337 e. The van der Waals surface area contributed by atoms with Crippen molar-refractivity contribution in [3.63, 3.8) is 0 Å². The third-order valence-corrected chi connectivity index (χ3v) is 3.58. The minimum Gasteiger partial charge on any atom is -0.497 e. The average Bonchev–Trinajstić information content (AvgIpc) is 2.73. The molecule has 0 aliphatic heterocycles. The molecule has 0 aromatic heterocycles. The zero-order valence-electron chi connectivity index (χ0n) is 15.5. The van der Waals surface area contributed by atoms with Crippen LogP contribution in [0.2, 0.25) is 0 Å². The van der Waals surface area contributed by atoms with E-state index in [-0.39, 0.29) is 0 Å². The number of nitrogens with zero attached hydrogens (tertiary/aromatic N) is 1. The normalized spacial score (nSPS) is 10.2. The monoisotopic (exact) mass is 385 g/mol. The molecular formula is C19H19N3O6. The minimum atomic E-state index is -0.958. The molecule has 2 aromatic carbocycles. The summed E-state index contributed by atoms with van der Waals surface area (Å²) >= 11 is 0. The molecule has 0 heterocycles. The van der Waals surface area contributed by atoms with Crippen molar-refractivity contribution in [3.05, 3.63) is 53.6 Å². The number of nitrogens with one attached hydrogen (secondary N) is 2. The molecule has 2 N–H and O–H groups in total. The van der Waals surface area contributed by atoms with E-state index in [1.54, 1.807) is 18.2 Å². The highest BCUT2D eigenvalue weighted by molar-refractivity contribution is 6.39. The topological polar surface area (TPSA) is 115 Å². The number of anilines is 1. The molecule has 9 heteroatoms. The van der Waals surface area contributed by atoms with Crippen molar-refractivity contribution in [3.8, 4) is 11.5 Å². The summed E-state index contributed by atoms with van der Waals surface area (Å²) < 4.78 is 14.9. The number of carbonyl (C=O) groups is 3. The molecule has 0 radical (unpaired) electrons. The Bertz CT molecular complexity index is 893. The molecule has 0 fully saturated rings. The zero-order valence-corrected chi connectivity index (χ0v) is 15.5. The Morgan fingerprint density at radius 2 is 1.64 bits per heavy atom. The first kappa shape index (κ1) is 20.4. The number of rotatable bonds is 6. The molecule has 28 heavy (non-hydrogen) atoms. The molecule has 0 atom stereocenters. The van der Waals surface area contributed by atoms with E-state index in [4.69, 9.17) is 9.47 Å². The number of esters is 1. The Hall–Kier alpha value is -3.88. The lowest BCUT2D eigenvalue weighted by molar-refractivity contribution is -0.136. The van der Waals surface area contributed by atoms with Crippen LogP contribution < -0.4 is 20.2 Å². The number of methoxy groups -OCH3 is 3. The second-order valence-electron chi connectivity index (χ2n) is 5.33. The summed E-state index contributed by atoms with van der Waals surface area (Å²) in [5.41, 5.74) is 3.38. The van der Waals surface area contributed by atoms with E-state index in [1.807, 2.05) is 0 Å². The van der Waals surface area contributed by atoms with Crippen LogP contribution in [0.15, 0.2) is 47.6 Å². The molecule has 0 aliphatic carbocycles. The van der Waals surface area contributed by atoms with E-state index in [1.165, 1.54) is 51.8 Å². The van der Waals surface area contributed by atoms with E-state index in [9.17, 15) is 14.4 Å². The number of benzene rings is 2. The van der Waals surface area contributed by atoms with Crippen LogP contribution in [-0.2, 0) is 14.3 Å². The number of hydrogen-bond acceptors (Lipinski definition) is 7. The van der Waals surface area contributed by atoms with Gasteiger partial charge in [-0.15, -0.1) is 0 Å². The molecular weight excluding hydrogens is 366 g/mol. The van der Waals surface area contributed by atoms with E-state index < -0.39 is 17.8 Å². The van der Waals surface area contributed by atoms with Gasteiger partial charge < -0.3 is 19.5 Å². The fourth-order valence-corrected chi connectivity index (χ4v) is 2.13. The van der Waals surface area contributed by atoms with E-state index >= 15 is 0 Å². The highest BCUT2D eigenvalue weighted by atomic mass is 16.5. The van der Waals surface area contributed by atoms with Crippen molar-refractivity contribution in [2.45, 2.75) is 0 Å². The Labute approximate surface area is 161 Å². The highest BCUT2D eigenvalue weighted by Gasteiger charge is 2.13. The van der Waals surface area contributed by atoms with E-state index in [0.717, 1.165) is 0 Å². The highest BCUT2D eigenvalue weighted by Crippen LogP contribution is 2.22. The molecule has 2 rings (SSSR count). The van der Waals surface area contributed by atoms with Gasteiger partial charge in [0.25, 0.3) is 0 Å². The molecule has 0 bridgehead atoms. The number of hydrogen-bond donors (Lipinski definition) is 2. The maximum Gasteiger partial charge on any atom is 0.337 e. The van der Waals surface area contributed by atoms with Gasteiger partial charge in [0.2, 0.25) is 0 Å². The first-order valence-corrected chi connectivity index (χ1v) is 8.03. The number of hydrazone groups is 1. The third kappa shape index (κ3) is 5.31. The molecule has 0 spiro atoms. The molecule has 0 saturated carbocycles. The van der Waals surface area contributed by atoms with Crippen LogP contribution >= 0.6 is 0 Å². The Morgan fingerprint density at radius 1 is 0.929 bits per heavy atom. The van der Waals surface area contributed by atoms with Crippen LogP contribution in [0.25, 0.3) is 0 Å². The lowest BCUT2D eigenvalue weighted by Crippen LogP contribution is -2.32. The van der Waals surface area contributed by atoms with E-state index in [2.05, 4.69) is 20.6 Å². The van der Waals surface area contributed by atoms with Crippen LogP contribution in [0.4, 0.5) is 5.69 Å². The number of carbonyl (C=O) groups excluding carboxylic acids is 3. The maximum absolute atomic E-state index is 11.9. The second-order valence-corrected chi connectivity index (χ2v) is 5.33. The van der Waals surface area contributed by atoms with Crippen LogP contribution in [0.3, 0.4) is 0 Å². The van der Waals surface area contributed by atoms with Gasteiger partial charge in [0.1, 0.15) is 11.5 Å². The first-order chi connectivity index (χ1) is 13.5. The van der Waals surface area contributed by atoms with Crippen LogP contribution in [0.5, 0.6) is 11.5 Å². The van der Waals surface area contributed by atoms with Crippen molar-refractivity contribution in [1.82, 2.24) is 5.43 Å². The molecule has 9 nitrogen and oxygen atoms in total. The molecule has 0 saturated heterocycles. The molecule has 146 valence electrons. The summed E-state index contributed by atoms with van der Waals surface area (Å²) in [5.74, 6) is -1.27. The number of ether oxygens (including phenoxy) is 3. The van der Waals surface area contributed by atoms with Gasteiger partial charge >= 0.3 is 17.8 Å². The largest absolute Gasteiger partial charge is 0.497 e. The molecule has 2 amide bonds. The predicted octanol–water partition coefficient (Wildman–Crippen LogP) is 1.58.